The van der Waals surface area contributed by atoms with Gasteiger partial charge in [0.2, 0.25) is 0 Å². The molecule has 0 amide bonds. The fourth-order valence-electron chi connectivity index (χ4n) is 1.75. The van der Waals surface area contributed by atoms with Crippen LogP contribution in [0.1, 0.15) is 25.7 Å². The molecular weight excluding hydrogens is 292 g/mol. The predicted octanol–water partition coefficient (Wildman–Crippen LogP) is 1.21. The standard InChI is InChI=1S/C10H23NO6P2/c11-5-2-1-3-6-15-19(12,13)16-8-10-9(17-18)4-7-14-10/h9-10H,1-8,11,18H2,(H,12,13). The van der Waals surface area contributed by atoms with Crippen LogP contribution in [0.4, 0.5) is 0 Å². The van der Waals surface area contributed by atoms with Gasteiger partial charge in [0.05, 0.1) is 19.3 Å². The van der Waals surface area contributed by atoms with E-state index in [0.29, 0.717) is 19.6 Å². The van der Waals surface area contributed by atoms with Gasteiger partial charge in [-0.3, -0.25) is 9.05 Å². The number of phosphoric ester groups is 1. The van der Waals surface area contributed by atoms with Crippen molar-refractivity contribution in [3.05, 3.63) is 0 Å². The van der Waals surface area contributed by atoms with E-state index in [1.165, 1.54) is 0 Å². The number of phosphoric acid groups is 1. The lowest BCUT2D eigenvalue weighted by molar-refractivity contribution is 0.0130. The van der Waals surface area contributed by atoms with Crippen LogP contribution in [-0.4, -0.2) is 43.5 Å². The molecule has 3 N–H and O–H groups in total. The summed E-state index contributed by atoms with van der Waals surface area (Å²) in [6.45, 7) is 1.34. The summed E-state index contributed by atoms with van der Waals surface area (Å²) < 4.78 is 31.8. The van der Waals surface area contributed by atoms with Crippen molar-refractivity contribution in [2.75, 3.05) is 26.4 Å². The van der Waals surface area contributed by atoms with E-state index in [1.807, 2.05) is 0 Å². The van der Waals surface area contributed by atoms with Gasteiger partial charge in [0.15, 0.2) is 0 Å². The first-order chi connectivity index (χ1) is 9.09. The van der Waals surface area contributed by atoms with Gasteiger partial charge >= 0.3 is 7.82 Å². The molecule has 0 aliphatic carbocycles. The molecule has 1 saturated heterocycles. The van der Waals surface area contributed by atoms with Crippen LogP contribution in [0.5, 0.6) is 0 Å². The Bertz CT molecular complexity index is 293. The monoisotopic (exact) mass is 315 g/mol. The van der Waals surface area contributed by atoms with Crippen molar-refractivity contribution < 1.29 is 27.8 Å². The smallest absolute Gasteiger partial charge is 0.373 e. The fraction of sp³-hybridized carbons (Fsp3) is 1.00. The number of rotatable bonds is 10. The molecule has 7 nitrogen and oxygen atoms in total. The molecule has 19 heavy (non-hydrogen) atoms. The fourth-order valence-corrected chi connectivity index (χ4v) is 2.83. The minimum atomic E-state index is -4.00. The van der Waals surface area contributed by atoms with E-state index >= 15 is 0 Å². The van der Waals surface area contributed by atoms with Crippen LogP contribution in [0.25, 0.3) is 0 Å². The largest absolute Gasteiger partial charge is 0.472 e. The van der Waals surface area contributed by atoms with E-state index in [1.54, 1.807) is 0 Å². The predicted molar refractivity (Wildman–Crippen MR) is 73.6 cm³/mol. The summed E-state index contributed by atoms with van der Waals surface area (Å²) >= 11 is 0. The summed E-state index contributed by atoms with van der Waals surface area (Å²) in [5, 5.41) is 0. The lowest BCUT2D eigenvalue weighted by Gasteiger charge is -2.18. The second-order valence-electron chi connectivity index (χ2n) is 4.32. The lowest BCUT2D eigenvalue weighted by atomic mass is 10.2. The van der Waals surface area contributed by atoms with Crippen molar-refractivity contribution in [2.45, 2.75) is 37.9 Å². The summed E-state index contributed by atoms with van der Waals surface area (Å²) in [6.07, 6.45) is 2.71. The Hall–Kier alpha value is 0.420. The zero-order valence-corrected chi connectivity index (χ0v) is 13.0. The minimum Gasteiger partial charge on any atom is -0.373 e. The van der Waals surface area contributed by atoms with Crippen molar-refractivity contribution in [1.82, 2.24) is 0 Å². The molecule has 1 aliphatic heterocycles. The van der Waals surface area contributed by atoms with Crippen LogP contribution >= 0.6 is 17.3 Å². The topological polar surface area (TPSA) is 100 Å². The summed E-state index contributed by atoms with van der Waals surface area (Å²) in [6, 6.07) is 0. The molecule has 1 aliphatic rings. The van der Waals surface area contributed by atoms with E-state index in [0.717, 1.165) is 19.3 Å². The van der Waals surface area contributed by atoms with Gasteiger partial charge in [0.25, 0.3) is 0 Å². The molecule has 0 saturated carbocycles. The highest BCUT2D eigenvalue weighted by Gasteiger charge is 2.31. The minimum absolute atomic E-state index is 0.0182. The first kappa shape index (κ1) is 17.5. The molecular formula is C10H23NO6P2. The summed E-state index contributed by atoms with van der Waals surface area (Å²) in [5.41, 5.74) is 5.34. The van der Waals surface area contributed by atoms with Gasteiger partial charge in [-0.1, -0.05) is 0 Å². The molecule has 1 rings (SSSR count). The third kappa shape index (κ3) is 7.11. The average molecular weight is 315 g/mol. The lowest BCUT2D eigenvalue weighted by Crippen LogP contribution is -2.26. The maximum Gasteiger partial charge on any atom is 0.472 e. The molecule has 0 aromatic heterocycles. The van der Waals surface area contributed by atoms with Crippen molar-refractivity contribution in [3.8, 4) is 0 Å². The summed E-state index contributed by atoms with van der Waals surface area (Å²) in [7, 11) is -1.84. The Kier molecular flexibility index (Phi) is 8.62. The third-order valence-corrected chi connectivity index (χ3v) is 4.16. The highest BCUT2D eigenvalue weighted by molar-refractivity contribution is 7.47. The second kappa shape index (κ2) is 9.37. The zero-order valence-electron chi connectivity index (χ0n) is 10.9. The quantitative estimate of drug-likeness (QED) is 0.461. The van der Waals surface area contributed by atoms with Crippen molar-refractivity contribution >= 4 is 17.3 Å². The number of hydrogen-bond donors (Lipinski definition) is 2. The van der Waals surface area contributed by atoms with Gasteiger partial charge in [0.1, 0.15) is 6.10 Å². The normalized spacial score (nSPS) is 26.5. The molecule has 0 aromatic rings. The van der Waals surface area contributed by atoms with Crippen LogP contribution in [0, 0.1) is 0 Å². The number of nitrogens with two attached hydrogens (primary N) is 1. The molecule has 4 atom stereocenters. The molecule has 114 valence electrons. The van der Waals surface area contributed by atoms with Gasteiger partial charge in [-0.2, -0.15) is 0 Å². The van der Waals surface area contributed by atoms with Crippen LogP contribution in [0.15, 0.2) is 0 Å². The van der Waals surface area contributed by atoms with Crippen LogP contribution in [-0.2, 0) is 22.9 Å². The maximum absolute atomic E-state index is 11.6. The van der Waals surface area contributed by atoms with Crippen molar-refractivity contribution in [1.29, 1.82) is 0 Å². The zero-order chi connectivity index (χ0) is 14.1. The SMILES string of the molecule is NCCCCCOP(=O)(O)OCC1OCCC1OP. The Morgan fingerprint density at radius 3 is 2.84 bits per heavy atom. The van der Waals surface area contributed by atoms with E-state index in [9.17, 15) is 9.46 Å². The van der Waals surface area contributed by atoms with E-state index < -0.39 is 7.82 Å². The van der Waals surface area contributed by atoms with Gasteiger partial charge < -0.3 is 19.9 Å². The molecule has 1 fully saturated rings. The Morgan fingerprint density at radius 2 is 2.16 bits per heavy atom. The second-order valence-corrected chi connectivity index (χ2v) is 6.05. The van der Waals surface area contributed by atoms with Gasteiger partial charge in [-0.25, -0.2) is 4.57 Å². The van der Waals surface area contributed by atoms with Gasteiger partial charge in [-0.15, -0.1) is 0 Å². The highest BCUT2D eigenvalue weighted by atomic mass is 31.2. The van der Waals surface area contributed by atoms with Crippen LogP contribution in [0.3, 0.4) is 0 Å². The molecule has 0 radical (unpaired) electrons. The Labute approximate surface area is 116 Å². The molecule has 1 heterocycles. The third-order valence-electron chi connectivity index (χ3n) is 2.83. The van der Waals surface area contributed by atoms with Crippen LogP contribution < -0.4 is 5.73 Å². The van der Waals surface area contributed by atoms with E-state index in [4.69, 9.17) is 24.0 Å². The molecule has 0 aromatic carbocycles. The number of hydrogen-bond acceptors (Lipinski definition) is 6. The molecule has 9 heteroatoms. The maximum atomic E-state index is 11.6. The first-order valence-electron chi connectivity index (χ1n) is 6.38. The molecule has 0 spiro atoms. The average Bonchev–Trinajstić information content (AvgIpc) is 2.83. The van der Waals surface area contributed by atoms with Crippen molar-refractivity contribution in [3.63, 3.8) is 0 Å². The van der Waals surface area contributed by atoms with Crippen LogP contribution in [0.2, 0.25) is 0 Å². The summed E-state index contributed by atoms with van der Waals surface area (Å²) in [4.78, 5) is 9.48. The van der Waals surface area contributed by atoms with Crippen molar-refractivity contribution in [2.24, 2.45) is 5.73 Å². The highest BCUT2D eigenvalue weighted by Crippen LogP contribution is 2.44. The van der Waals surface area contributed by atoms with E-state index in [-0.39, 0.29) is 25.4 Å². The number of ether oxygens (including phenoxy) is 1. The van der Waals surface area contributed by atoms with Gasteiger partial charge in [-0.05, 0) is 32.2 Å². The molecule has 0 bridgehead atoms. The Morgan fingerprint density at radius 1 is 1.37 bits per heavy atom. The molecule has 4 unspecified atom stereocenters. The first-order valence-corrected chi connectivity index (χ1v) is 8.35. The summed E-state index contributed by atoms with van der Waals surface area (Å²) in [5.74, 6) is 0. The van der Waals surface area contributed by atoms with E-state index in [2.05, 4.69) is 9.47 Å². The number of unbranched alkanes of at least 4 members (excludes halogenated alkanes) is 2. The van der Waals surface area contributed by atoms with Gasteiger partial charge in [0, 0.05) is 16.1 Å². The Balaban J connectivity index is 2.17.